The molecule has 0 radical (unpaired) electrons. The van der Waals surface area contributed by atoms with E-state index in [1.807, 2.05) is 42.5 Å². The topological polar surface area (TPSA) is 21.3 Å². The molecule has 2 nitrogen and oxygen atoms in total. The molecule has 2 rings (SSSR count). The Kier molecular flexibility index (Phi) is 6.09. The molecule has 0 aliphatic heterocycles. The predicted octanol–water partition coefficient (Wildman–Crippen LogP) is 4.57. The molecule has 0 aliphatic carbocycles. The van der Waals surface area contributed by atoms with E-state index >= 15 is 0 Å². The van der Waals surface area contributed by atoms with Gasteiger partial charge >= 0.3 is 0 Å². The van der Waals surface area contributed by atoms with Crippen molar-refractivity contribution in [3.8, 4) is 5.75 Å². The number of nitrogens with one attached hydrogen (secondary N) is 1. The van der Waals surface area contributed by atoms with Crippen molar-refractivity contribution >= 4 is 15.9 Å². The summed E-state index contributed by atoms with van der Waals surface area (Å²) in [5, 5.41) is 3.43. The van der Waals surface area contributed by atoms with Crippen LogP contribution in [0.2, 0.25) is 0 Å². The number of hydrogen-bond donors (Lipinski definition) is 1. The first kappa shape index (κ1) is 15.1. The predicted molar refractivity (Wildman–Crippen MR) is 87.1 cm³/mol. The molecule has 1 N–H and O–H groups in total. The van der Waals surface area contributed by atoms with Crippen LogP contribution in [0.1, 0.15) is 25.0 Å². The lowest BCUT2D eigenvalue weighted by Crippen LogP contribution is -2.25. The molecule has 0 saturated heterocycles. The molecule has 20 heavy (non-hydrogen) atoms. The van der Waals surface area contributed by atoms with Gasteiger partial charge in [-0.1, -0.05) is 49.4 Å². The Bertz CT molecular complexity index is 515. The van der Waals surface area contributed by atoms with Crippen molar-refractivity contribution in [3.63, 3.8) is 0 Å². The van der Waals surface area contributed by atoms with Crippen molar-refractivity contribution in [2.45, 2.75) is 19.4 Å². The van der Waals surface area contributed by atoms with Crippen LogP contribution in [0.3, 0.4) is 0 Å². The minimum atomic E-state index is 0.0152. The van der Waals surface area contributed by atoms with E-state index < -0.39 is 0 Å². The normalized spacial score (nSPS) is 12.1. The Morgan fingerprint density at radius 1 is 1.05 bits per heavy atom. The van der Waals surface area contributed by atoms with E-state index in [4.69, 9.17) is 4.74 Å². The van der Waals surface area contributed by atoms with E-state index in [2.05, 4.69) is 40.3 Å². The summed E-state index contributed by atoms with van der Waals surface area (Å²) >= 11 is 3.53. The molecule has 0 heterocycles. The summed E-state index contributed by atoms with van der Waals surface area (Å²) in [4.78, 5) is 0. The van der Waals surface area contributed by atoms with E-state index in [1.165, 1.54) is 5.56 Å². The molecule has 1 unspecified atom stereocenters. The first-order chi connectivity index (χ1) is 9.81. The zero-order valence-corrected chi connectivity index (χ0v) is 13.3. The lowest BCUT2D eigenvalue weighted by Gasteiger charge is -2.21. The first-order valence-electron chi connectivity index (χ1n) is 6.98. The fourth-order valence-electron chi connectivity index (χ4n) is 2.00. The maximum Gasteiger partial charge on any atom is 0.136 e. The summed E-state index contributed by atoms with van der Waals surface area (Å²) in [6.45, 7) is 3.97. The standard InChI is InChI=1S/C17H20BrNO/c1-2-12-19-13-17(14-8-4-3-5-9-14)20-16-11-7-6-10-15(16)18/h3-11,17,19H,2,12-13H2,1H3. The van der Waals surface area contributed by atoms with Crippen molar-refractivity contribution in [3.05, 3.63) is 64.6 Å². The van der Waals surface area contributed by atoms with Crippen LogP contribution in [0, 0.1) is 0 Å². The van der Waals surface area contributed by atoms with Crippen LogP contribution in [-0.4, -0.2) is 13.1 Å². The van der Waals surface area contributed by atoms with Gasteiger partial charge in [-0.25, -0.2) is 0 Å². The molecule has 0 saturated carbocycles. The third kappa shape index (κ3) is 4.36. The van der Waals surface area contributed by atoms with Gasteiger partial charge in [-0.15, -0.1) is 0 Å². The van der Waals surface area contributed by atoms with Crippen LogP contribution in [0.15, 0.2) is 59.1 Å². The first-order valence-corrected chi connectivity index (χ1v) is 7.77. The van der Waals surface area contributed by atoms with Crippen molar-refractivity contribution in [2.75, 3.05) is 13.1 Å². The van der Waals surface area contributed by atoms with Gasteiger partial charge in [0.05, 0.1) is 4.47 Å². The summed E-state index contributed by atoms with van der Waals surface area (Å²) in [6, 6.07) is 18.3. The molecule has 0 amide bonds. The number of ether oxygens (including phenoxy) is 1. The fourth-order valence-corrected chi connectivity index (χ4v) is 2.38. The number of hydrogen-bond acceptors (Lipinski definition) is 2. The van der Waals surface area contributed by atoms with Gasteiger partial charge in [-0.2, -0.15) is 0 Å². The molecule has 0 bridgehead atoms. The number of benzene rings is 2. The molecule has 2 aromatic rings. The molecule has 0 spiro atoms. The maximum absolute atomic E-state index is 6.17. The van der Waals surface area contributed by atoms with Gasteiger partial charge in [0, 0.05) is 6.54 Å². The average molecular weight is 334 g/mol. The highest BCUT2D eigenvalue weighted by atomic mass is 79.9. The Morgan fingerprint density at radius 2 is 1.75 bits per heavy atom. The monoisotopic (exact) mass is 333 g/mol. The molecule has 1 atom stereocenters. The highest BCUT2D eigenvalue weighted by molar-refractivity contribution is 9.10. The van der Waals surface area contributed by atoms with E-state index in [-0.39, 0.29) is 6.10 Å². The van der Waals surface area contributed by atoms with Crippen LogP contribution < -0.4 is 10.1 Å². The third-order valence-corrected chi connectivity index (χ3v) is 3.69. The van der Waals surface area contributed by atoms with Crippen molar-refractivity contribution in [1.29, 1.82) is 0 Å². The number of rotatable bonds is 7. The smallest absolute Gasteiger partial charge is 0.136 e. The molecule has 0 fully saturated rings. The molecule has 3 heteroatoms. The zero-order chi connectivity index (χ0) is 14.2. The van der Waals surface area contributed by atoms with Crippen LogP contribution in [0.4, 0.5) is 0 Å². The molecule has 106 valence electrons. The fraction of sp³-hybridized carbons (Fsp3) is 0.294. The molecular weight excluding hydrogens is 314 g/mol. The van der Waals surface area contributed by atoms with Gasteiger partial charge in [-0.3, -0.25) is 0 Å². The van der Waals surface area contributed by atoms with Gasteiger partial charge < -0.3 is 10.1 Å². The van der Waals surface area contributed by atoms with E-state index in [9.17, 15) is 0 Å². The molecule has 0 aliphatic rings. The Hall–Kier alpha value is -1.32. The summed E-state index contributed by atoms with van der Waals surface area (Å²) in [5.74, 6) is 0.875. The van der Waals surface area contributed by atoms with Crippen molar-refractivity contribution in [2.24, 2.45) is 0 Å². The van der Waals surface area contributed by atoms with Crippen molar-refractivity contribution < 1.29 is 4.74 Å². The summed E-state index contributed by atoms with van der Waals surface area (Å²) in [5.41, 5.74) is 1.19. The lowest BCUT2D eigenvalue weighted by molar-refractivity contribution is 0.200. The van der Waals surface area contributed by atoms with Gasteiger partial charge in [0.1, 0.15) is 11.9 Å². The summed E-state index contributed by atoms with van der Waals surface area (Å²) < 4.78 is 7.15. The number of para-hydroxylation sites is 1. The minimum absolute atomic E-state index is 0.0152. The third-order valence-electron chi connectivity index (χ3n) is 3.03. The molecule has 0 aromatic heterocycles. The van der Waals surface area contributed by atoms with Crippen LogP contribution in [-0.2, 0) is 0 Å². The molecular formula is C17H20BrNO. The van der Waals surface area contributed by atoms with Crippen LogP contribution >= 0.6 is 15.9 Å². The number of halogens is 1. The minimum Gasteiger partial charge on any atom is -0.483 e. The highest BCUT2D eigenvalue weighted by Crippen LogP contribution is 2.28. The Balaban J connectivity index is 2.12. The lowest BCUT2D eigenvalue weighted by atomic mass is 10.1. The van der Waals surface area contributed by atoms with E-state index in [0.717, 1.165) is 29.7 Å². The Morgan fingerprint density at radius 3 is 2.45 bits per heavy atom. The second kappa shape index (κ2) is 8.08. The summed E-state index contributed by atoms with van der Waals surface area (Å²) in [7, 11) is 0. The Labute approximate surface area is 129 Å². The zero-order valence-electron chi connectivity index (χ0n) is 11.7. The molecule has 2 aromatic carbocycles. The van der Waals surface area contributed by atoms with Gasteiger partial charge in [-0.05, 0) is 46.6 Å². The second-order valence-corrected chi connectivity index (χ2v) is 5.51. The largest absolute Gasteiger partial charge is 0.483 e. The maximum atomic E-state index is 6.17. The van der Waals surface area contributed by atoms with Gasteiger partial charge in [0.25, 0.3) is 0 Å². The quantitative estimate of drug-likeness (QED) is 0.749. The highest BCUT2D eigenvalue weighted by Gasteiger charge is 2.14. The van der Waals surface area contributed by atoms with Gasteiger partial charge in [0.2, 0.25) is 0 Å². The summed E-state index contributed by atoms with van der Waals surface area (Å²) in [6.07, 6.45) is 1.14. The SMILES string of the molecule is CCCNCC(Oc1ccccc1Br)c1ccccc1. The van der Waals surface area contributed by atoms with E-state index in [0.29, 0.717) is 0 Å². The van der Waals surface area contributed by atoms with Gasteiger partial charge in [0.15, 0.2) is 0 Å². The second-order valence-electron chi connectivity index (χ2n) is 4.65. The van der Waals surface area contributed by atoms with E-state index in [1.54, 1.807) is 0 Å². The average Bonchev–Trinajstić information content (AvgIpc) is 2.49. The van der Waals surface area contributed by atoms with Crippen LogP contribution in [0.5, 0.6) is 5.75 Å². The van der Waals surface area contributed by atoms with Crippen molar-refractivity contribution in [1.82, 2.24) is 5.32 Å². The van der Waals surface area contributed by atoms with Crippen LogP contribution in [0.25, 0.3) is 0 Å².